The van der Waals surface area contributed by atoms with E-state index in [4.69, 9.17) is 25.5 Å². The SMILES string of the molecule is COc1ccc(NC(=O)C(=O)N/N=C/c2ccc(CNC(=O)C(=O)Nc3cccc(Cl)c3)o2)c(OC)c1. The molecule has 37 heavy (non-hydrogen) atoms. The van der Waals surface area contributed by atoms with Gasteiger partial charge in [-0.2, -0.15) is 5.10 Å². The number of nitrogens with one attached hydrogen (secondary N) is 4. The van der Waals surface area contributed by atoms with Gasteiger partial charge in [0.05, 0.1) is 32.7 Å². The predicted octanol–water partition coefficient (Wildman–Crippen LogP) is 2.29. The molecule has 13 heteroatoms. The maximum absolute atomic E-state index is 12.1. The summed E-state index contributed by atoms with van der Waals surface area (Å²) in [4.78, 5) is 48.2. The quantitative estimate of drug-likeness (QED) is 0.198. The summed E-state index contributed by atoms with van der Waals surface area (Å²) >= 11 is 5.85. The zero-order valence-corrected chi connectivity index (χ0v) is 20.4. The topological polar surface area (TPSA) is 160 Å². The van der Waals surface area contributed by atoms with E-state index in [1.165, 1.54) is 32.4 Å². The molecule has 1 aromatic heterocycles. The van der Waals surface area contributed by atoms with Crippen LogP contribution in [0.4, 0.5) is 11.4 Å². The van der Waals surface area contributed by atoms with Gasteiger partial charge in [0.2, 0.25) is 0 Å². The van der Waals surface area contributed by atoms with Crippen molar-refractivity contribution in [3.63, 3.8) is 0 Å². The van der Waals surface area contributed by atoms with Crippen molar-refractivity contribution >= 4 is 52.8 Å². The van der Waals surface area contributed by atoms with Crippen molar-refractivity contribution in [2.24, 2.45) is 5.10 Å². The molecule has 3 rings (SSSR count). The number of furan rings is 1. The molecule has 3 aromatic rings. The molecule has 1 heterocycles. The van der Waals surface area contributed by atoms with Gasteiger partial charge in [-0.3, -0.25) is 19.2 Å². The summed E-state index contributed by atoms with van der Waals surface area (Å²) in [6, 6.07) is 14.1. The van der Waals surface area contributed by atoms with Crippen LogP contribution in [-0.2, 0) is 25.7 Å². The first kappa shape index (κ1) is 26.8. The standard InChI is InChI=1S/C24H22ClN5O7/c1-35-16-8-9-19(20(11-16)36-2)29-23(33)24(34)30-27-13-18-7-6-17(37-18)12-26-21(31)22(32)28-15-5-3-4-14(25)10-15/h3-11,13H,12H2,1-2H3,(H,26,31)(H,28,32)(H,29,33)(H,30,34)/b27-13+. The molecular formula is C24H22ClN5O7. The van der Waals surface area contributed by atoms with Gasteiger partial charge in [0, 0.05) is 16.8 Å². The predicted molar refractivity (Wildman–Crippen MR) is 135 cm³/mol. The molecule has 4 N–H and O–H groups in total. The van der Waals surface area contributed by atoms with Gasteiger partial charge in [-0.05, 0) is 42.5 Å². The van der Waals surface area contributed by atoms with Crippen LogP contribution >= 0.6 is 11.6 Å². The number of benzene rings is 2. The minimum absolute atomic E-state index is 0.0753. The van der Waals surface area contributed by atoms with Crippen molar-refractivity contribution in [3.05, 3.63) is 71.1 Å². The fourth-order valence-corrected chi connectivity index (χ4v) is 3.04. The zero-order valence-electron chi connectivity index (χ0n) is 19.7. The number of hydrogen-bond acceptors (Lipinski definition) is 8. The van der Waals surface area contributed by atoms with Crippen LogP contribution in [-0.4, -0.2) is 44.1 Å². The highest BCUT2D eigenvalue weighted by Crippen LogP contribution is 2.28. The summed E-state index contributed by atoms with van der Waals surface area (Å²) in [6.07, 6.45) is 1.16. The Morgan fingerprint density at radius 3 is 2.43 bits per heavy atom. The highest BCUT2D eigenvalue weighted by atomic mass is 35.5. The van der Waals surface area contributed by atoms with Crippen LogP contribution in [0.25, 0.3) is 0 Å². The second-order valence-electron chi connectivity index (χ2n) is 7.17. The lowest BCUT2D eigenvalue weighted by Crippen LogP contribution is -2.34. The summed E-state index contributed by atoms with van der Waals surface area (Å²) in [5, 5.41) is 11.3. The molecule has 0 spiro atoms. The Bertz CT molecular complexity index is 1340. The van der Waals surface area contributed by atoms with Gasteiger partial charge in [-0.15, -0.1) is 0 Å². The van der Waals surface area contributed by atoms with Crippen LogP contribution in [0.1, 0.15) is 11.5 Å². The van der Waals surface area contributed by atoms with E-state index in [1.807, 2.05) is 0 Å². The lowest BCUT2D eigenvalue weighted by molar-refractivity contribution is -0.136. The van der Waals surface area contributed by atoms with Gasteiger partial charge >= 0.3 is 23.6 Å². The second kappa shape index (κ2) is 12.7. The Labute approximate surface area is 216 Å². The van der Waals surface area contributed by atoms with Gasteiger partial charge in [0.1, 0.15) is 23.0 Å². The van der Waals surface area contributed by atoms with Gasteiger partial charge < -0.3 is 29.8 Å². The smallest absolute Gasteiger partial charge is 0.329 e. The summed E-state index contributed by atoms with van der Waals surface area (Å²) in [5.41, 5.74) is 2.72. The number of nitrogens with zero attached hydrogens (tertiary/aromatic N) is 1. The molecule has 0 unspecified atom stereocenters. The molecule has 0 aliphatic heterocycles. The number of halogens is 1. The Morgan fingerprint density at radius 1 is 0.919 bits per heavy atom. The fourth-order valence-electron chi connectivity index (χ4n) is 2.85. The van der Waals surface area contributed by atoms with Gasteiger partial charge in [0.15, 0.2) is 0 Å². The first-order chi connectivity index (χ1) is 17.8. The minimum atomic E-state index is -1.03. The third kappa shape index (κ3) is 7.83. The van der Waals surface area contributed by atoms with E-state index in [9.17, 15) is 19.2 Å². The maximum atomic E-state index is 12.1. The van der Waals surface area contributed by atoms with E-state index in [0.29, 0.717) is 28.0 Å². The molecule has 0 aliphatic rings. The van der Waals surface area contributed by atoms with Crippen LogP contribution in [0, 0.1) is 0 Å². The number of rotatable bonds is 8. The molecule has 0 radical (unpaired) electrons. The van der Waals surface area contributed by atoms with Crippen LogP contribution in [0.3, 0.4) is 0 Å². The molecule has 0 saturated heterocycles. The van der Waals surface area contributed by atoms with E-state index in [1.54, 1.807) is 36.4 Å². The van der Waals surface area contributed by atoms with Crippen molar-refractivity contribution in [1.29, 1.82) is 0 Å². The van der Waals surface area contributed by atoms with Gasteiger partial charge in [-0.1, -0.05) is 17.7 Å². The fraction of sp³-hybridized carbons (Fsp3) is 0.125. The van der Waals surface area contributed by atoms with Crippen molar-refractivity contribution in [1.82, 2.24) is 10.7 Å². The van der Waals surface area contributed by atoms with Crippen LogP contribution in [0.15, 0.2) is 64.1 Å². The van der Waals surface area contributed by atoms with Crippen molar-refractivity contribution in [2.75, 3.05) is 24.9 Å². The lowest BCUT2D eigenvalue weighted by atomic mass is 10.2. The lowest BCUT2D eigenvalue weighted by Gasteiger charge is -2.10. The zero-order chi connectivity index (χ0) is 26.8. The van der Waals surface area contributed by atoms with Crippen LogP contribution < -0.4 is 30.8 Å². The van der Waals surface area contributed by atoms with Crippen molar-refractivity contribution in [2.45, 2.75) is 6.54 Å². The molecule has 0 bridgehead atoms. The molecule has 0 aliphatic carbocycles. The number of carbonyl (C=O) groups excluding carboxylic acids is 4. The highest BCUT2D eigenvalue weighted by Gasteiger charge is 2.16. The monoisotopic (exact) mass is 527 g/mol. The first-order valence-corrected chi connectivity index (χ1v) is 11.0. The molecule has 4 amide bonds. The Morgan fingerprint density at radius 2 is 1.70 bits per heavy atom. The largest absolute Gasteiger partial charge is 0.497 e. The molecule has 0 fully saturated rings. The second-order valence-corrected chi connectivity index (χ2v) is 7.61. The average molecular weight is 528 g/mol. The number of hydrogen-bond donors (Lipinski definition) is 4. The number of carbonyl (C=O) groups is 4. The first-order valence-electron chi connectivity index (χ1n) is 10.6. The molecule has 12 nitrogen and oxygen atoms in total. The van der Waals surface area contributed by atoms with E-state index in [-0.39, 0.29) is 18.0 Å². The third-order valence-electron chi connectivity index (χ3n) is 4.62. The Balaban J connectivity index is 1.46. The average Bonchev–Trinajstić information content (AvgIpc) is 3.34. The Hall–Kier alpha value is -4.84. The number of ether oxygens (including phenoxy) is 2. The molecule has 192 valence electrons. The number of amides is 4. The number of anilines is 2. The number of methoxy groups -OCH3 is 2. The van der Waals surface area contributed by atoms with E-state index in [0.717, 1.165) is 6.21 Å². The molecular weight excluding hydrogens is 506 g/mol. The normalized spacial score (nSPS) is 10.5. The number of hydrazone groups is 1. The summed E-state index contributed by atoms with van der Waals surface area (Å²) in [6.45, 7) is -0.0753. The third-order valence-corrected chi connectivity index (χ3v) is 4.85. The summed E-state index contributed by atoms with van der Waals surface area (Å²) in [7, 11) is 2.90. The molecule has 0 atom stereocenters. The van der Waals surface area contributed by atoms with Gasteiger partial charge in [-0.25, -0.2) is 5.43 Å². The van der Waals surface area contributed by atoms with Gasteiger partial charge in [0.25, 0.3) is 0 Å². The molecule has 2 aromatic carbocycles. The van der Waals surface area contributed by atoms with E-state index < -0.39 is 23.6 Å². The summed E-state index contributed by atoms with van der Waals surface area (Å²) in [5.74, 6) is -2.38. The highest BCUT2D eigenvalue weighted by molar-refractivity contribution is 6.40. The summed E-state index contributed by atoms with van der Waals surface area (Å²) < 4.78 is 15.7. The van der Waals surface area contributed by atoms with Crippen LogP contribution in [0.5, 0.6) is 11.5 Å². The van der Waals surface area contributed by atoms with E-state index in [2.05, 4.69) is 26.5 Å². The van der Waals surface area contributed by atoms with Crippen molar-refractivity contribution < 1.29 is 33.1 Å². The van der Waals surface area contributed by atoms with Crippen molar-refractivity contribution in [3.8, 4) is 11.5 Å². The van der Waals surface area contributed by atoms with Crippen LogP contribution in [0.2, 0.25) is 5.02 Å². The molecule has 0 saturated carbocycles. The Kier molecular flexibility index (Phi) is 9.22. The van der Waals surface area contributed by atoms with E-state index >= 15 is 0 Å². The minimum Gasteiger partial charge on any atom is -0.497 e. The maximum Gasteiger partial charge on any atom is 0.329 e.